The van der Waals surface area contributed by atoms with Crippen molar-refractivity contribution in [3.63, 3.8) is 0 Å². The average molecular weight is 534 g/mol. The van der Waals surface area contributed by atoms with E-state index in [1.54, 1.807) is 11.6 Å². The lowest BCUT2D eigenvalue weighted by Gasteiger charge is -2.36. The number of hydrogen-bond acceptors (Lipinski definition) is 6. The molecule has 1 saturated heterocycles. The van der Waals surface area contributed by atoms with Crippen molar-refractivity contribution in [2.75, 3.05) is 44.8 Å². The Bertz CT molecular complexity index is 1640. The molecule has 0 N–H and O–H groups in total. The summed E-state index contributed by atoms with van der Waals surface area (Å²) in [4.78, 5) is 23.1. The van der Waals surface area contributed by atoms with Crippen LogP contribution in [0.5, 0.6) is 11.5 Å². The van der Waals surface area contributed by atoms with Gasteiger partial charge in [0.25, 0.3) is 5.91 Å². The Morgan fingerprint density at radius 3 is 2.35 bits per heavy atom. The summed E-state index contributed by atoms with van der Waals surface area (Å²) in [5, 5.41) is 4.82. The maximum atomic E-state index is 14.0. The SMILES string of the molecule is CCOc1ccccc1N1CCN(C(=O)c2cc(-c3cccc(OC)c3)nc3cc(-c4ccccc4)nn23)CC1. The number of aromatic nitrogens is 3. The summed E-state index contributed by atoms with van der Waals surface area (Å²) in [6.07, 6.45) is 0. The first-order chi connectivity index (χ1) is 19.6. The lowest BCUT2D eigenvalue weighted by Crippen LogP contribution is -2.49. The highest BCUT2D eigenvalue weighted by atomic mass is 16.5. The molecule has 2 aromatic heterocycles. The van der Waals surface area contributed by atoms with E-state index < -0.39 is 0 Å². The Hall–Kier alpha value is -4.85. The van der Waals surface area contributed by atoms with Crippen molar-refractivity contribution in [3.8, 4) is 34.0 Å². The van der Waals surface area contributed by atoms with Gasteiger partial charge in [-0.2, -0.15) is 5.10 Å². The van der Waals surface area contributed by atoms with Gasteiger partial charge in [0.2, 0.25) is 0 Å². The molecule has 6 rings (SSSR count). The zero-order valence-corrected chi connectivity index (χ0v) is 22.7. The van der Waals surface area contributed by atoms with Crippen LogP contribution in [0.25, 0.3) is 28.2 Å². The van der Waals surface area contributed by atoms with E-state index in [1.807, 2.05) is 96.8 Å². The second-order valence-corrected chi connectivity index (χ2v) is 9.60. The number of rotatable bonds is 7. The Balaban J connectivity index is 1.34. The summed E-state index contributed by atoms with van der Waals surface area (Å²) in [6, 6.07) is 29.5. The predicted octanol–water partition coefficient (Wildman–Crippen LogP) is 5.43. The van der Waals surface area contributed by atoms with Crippen molar-refractivity contribution < 1.29 is 14.3 Å². The Morgan fingerprint density at radius 1 is 0.825 bits per heavy atom. The van der Waals surface area contributed by atoms with Gasteiger partial charge in [0.1, 0.15) is 17.2 Å². The number of amides is 1. The van der Waals surface area contributed by atoms with Crippen LogP contribution < -0.4 is 14.4 Å². The molecular formula is C32H31N5O3. The number of nitrogens with zero attached hydrogens (tertiary/aromatic N) is 5. The van der Waals surface area contributed by atoms with Crippen LogP contribution >= 0.6 is 0 Å². The molecule has 8 heteroatoms. The van der Waals surface area contributed by atoms with Crippen molar-refractivity contribution >= 4 is 17.2 Å². The summed E-state index contributed by atoms with van der Waals surface area (Å²) in [6.45, 7) is 5.19. The lowest BCUT2D eigenvalue weighted by atomic mass is 10.1. The molecule has 1 aliphatic rings. The molecule has 5 aromatic rings. The summed E-state index contributed by atoms with van der Waals surface area (Å²) in [5.41, 5.74) is 5.45. The van der Waals surface area contributed by atoms with Gasteiger partial charge in [-0.1, -0.05) is 54.6 Å². The van der Waals surface area contributed by atoms with Gasteiger partial charge in [0, 0.05) is 43.4 Å². The lowest BCUT2D eigenvalue weighted by molar-refractivity contribution is 0.0737. The molecule has 1 aliphatic heterocycles. The number of anilines is 1. The number of piperazine rings is 1. The van der Waals surface area contributed by atoms with Crippen molar-refractivity contribution in [3.05, 3.63) is 96.7 Å². The number of ether oxygens (including phenoxy) is 2. The number of fused-ring (bicyclic) bond motifs is 1. The van der Waals surface area contributed by atoms with Gasteiger partial charge in [-0.25, -0.2) is 9.50 Å². The van der Waals surface area contributed by atoms with Gasteiger partial charge < -0.3 is 19.3 Å². The van der Waals surface area contributed by atoms with E-state index >= 15 is 0 Å². The minimum atomic E-state index is -0.0722. The molecule has 8 nitrogen and oxygen atoms in total. The number of carbonyl (C=O) groups is 1. The Labute approximate surface area is 233 Å². The van der Waals surface area contributed by atoms with Crippen LogP contribution in [0.2, 0.25) is 0 Å². The molecule has 0 radical (unpaired) electrons. The largest absolute Gasteiger partial charge is 0.497 e. The predicted molar refractivity (Wildman–Crippen MR) is 156 cm³/mol. The van der Waals surface area contributed by atoms with E-state index in [0.717, 1.165) is 34.0 Å². The van der Waals surface area contributed by atoms with E-state index in [9.17, 15) is 4.79 Å². The zero-order chi connectivity index (χ0) is 27.5. The van der Waals surface area contributed by atoms with Gasteiger partial charge >= 0.3 is 0 Å². The molecule has 3 heterocycles. The number of carbonyl (C=O) groups excluding carboxylic acids is 1. The third-order valence-electron chi connectivity index (χ3n) is 7.15. The first-order valence-corrected chi connectivity index (χ1v) is 13.5. The molecule has 1 amide bonds. The first kappa shape index (κ1) is 25.4. The molecule has 0 spiro atoms. The van der Waals surface area contributed by atoms with E-state index in [1.165, 1.54) is 0 Å². The van der Waals surface area contributed by atoms with Crippen LogP contribution in [0.4, 0.5) is 5.69 Å². The smallest absolute Gasteiger partial charge is 0.272 e. The number of hydrogen-bond donors (Lipinski definition) is 0. The number of benzene rings is 3. The maximum Gasteiger partial charge on any atom is 0.272 e. The van der Waals surface area contributed by atoms with Crippen molar-refractivity contribution in [1.29, 1.82) is 0 Å². The molecule has 0 saturated carbocycles. The van der Waals surface area contributed by atoms with E-state index in [4.69, 9.17) is 19.6 Å². The Kier molecular flexibility index (Phi) is 7.06. The molecule has 0 unspecified atom stereocenters. The summed E-state index contributed by atoms with van der Waals surface area (Å²) < 4.78 is 12.9. The standard InChI is InChI=1S/C32H31N5O3/c1-3-40-30-15-8-7-14-28(30)35-16-18-36(19-17-35)32(38)29-21-26(24-12-9-13-25(20-24)39-2)33-31-22-27(34-37(29)31)23-10-5-4-6-11-23/h4-15,20-22H,3,16-19H2,1-2H3. The van der Waals surface area contributed by atoms with Crippen LogP contribution in [-0.2, 0) is 0 Å². The van der Waals surface area contributed by atoms with Gasteiger partial charge in [-0.05, 0) is 37.3 Å². The molecule has 0 bridgehead atoms. The maximum absolute atomic E-state index is 14.0. The van der Waals surface area contributed by atoms with E-state index in [0.29, 0.717) is 49.8 Å². The monoisotopic (exact) mass is 533 g/mol. The van der Waals surface area contributed by atoms with Crippen molar-refractivity contribution in [1.82, 2.24) is 19.5 Å². The van der Waals surface area contributed by atoms with Crippen molar-refractivity contribution in [2.24, 2.45) is 0 Å². The van der Waals surface area contributed by atoms with Gasteiger partial charge in [0.05, 0.1) is 30.8 Å². The number of methoxy groups -OCH3 is 1. The summed E-state index contributed by atoms with van der Waals surface area (Å²) in [7, 11) is 1.64. The fraction of sp³-hybridized carbons (Fsp3) is 0.219. The second-order valence-electron chi connectivity index (χ2n) is 9.60. The average Bonchev–Trinajstić information content (AvgIpc) is 3.46. The van der Waals surface area contributed by atoms with Crippen LogP contribution in [0.3, 0.4) is 0 Å². The van der Waals surface area contributed by atoms with Crippen LogP contribution in [0, 0.1) is 0 Å². The molecule has 3 aromatic carbocycles. The van der Waals surface area contributed by atoms with E-state index in [-0.39, 0.29) is 5.91 Å². The fourth-order valence-electron chi connectivity index (χ4n) is 5.12. The fourth-order valence-corrected chi connectivity index (χ4v) is 5.12. The minimum absolute atomic E-state index is 0.0722. The highest BCUT2D eigenvalue weighted by Gasteiger charge is 2.27. The van der Waals surface area contributed by atoms with Gasteiger partial charge in [0.15, 0.2) is 5.65 Å². The van der Waals surface area contributed by atoms with Gasteiger partial charge in [-0.3, -0.25) is 4.79 Å². The molecule has 0 aliphatic carbocycles. The summed E-state index contributed by atoms with van der Waals surface area (Å²) in [5.74, 6) is 1.53. The summed E-state index contributed by atoms with van der Waals surface area (Å²) >= 11 is 0. The highest BCUT2D eigenvalue weighted by molar-refractivity contribution is 5.94. The molecule has 40 heavy (non-hydrogen) atoms. The third kappa shape index (κ3) is 4.96. The highest BCUT2D eigenvalue weighted by Crippen LogP contribution is 2.30. The molecule has 1 fully saturated rings. The quantitative estimate of drug-likeness (QED) is 0.278. The zero-order valence-electron chi connectivity index (χ0n) is 22.7. The Morgan fingerprint density at radius 2 is 1.57 bits per heavy atom. The topological polar surface area (TPSA) is 72.2 Å². The molecular weight excluding hydrogens is 502 g/mol. The minimum Gasteiger partial charge on any atom is -0.497 e. The first-order valence-electron chi connectivity index (χ1n) is 13.5. The molecule has 202 valence electrons. The third-order valence-corrected chi connectivity index (χ3v) is 7.15. The van der Waals surface area contributed by atoms with Crippen LogP contribution in [-0.4, -0.2) is 65.3 Å². The van der Waals surface area contributed by atoms with Crippen LogP contribution in [0.15, 0.2) is 91.0 Å². The van der Waals surface area contributed by atoms with Crippen molar-refractivity contribution in [2.45, 2.75) is 6.92 Å². The normalized spacial score (nSPS) is 13.4. The second kappa shape index (κ2) is 11.1. The van der Waals surface area contributed by atoms with E-state index in [2.05, 4.69) is 11.0 Å². The van der Waals surface area contributed by atoms with Gasteiger partial charge in [-0.15, -0.1) is 0 Å². The van der Waals surface area contributed by atoms with Crippen LogP contribution in [0.1, 0.15) is 17.4 Å². The molecule has 0 atom stereocenters. The number of para-hydroxylation sites is 2.